The van der Waals surface area contributed by atoms with Crippen LogP contribution in [-0.2, 0) is 0 Å². The highest BCUT2D eigenvalue weighted by molar-refractivity contribution is 5.30. The number of aromatic nitrogens is 2. The molecule has 1 aromatic rings. The average molecular weight is 262 g/mol. The van der Waals surface area contributed by atoms with Crippen LogP contribution in [0.25, 0.3) is 0 Å². The van der Waals surface area contributed by atoms with Gasteiger partial charge >= 0.3 is 0 Å². The molecule has 1 saturated heterocycles. The van der Waals surface area contributed by atoms with E-state index in [0.717, 1.165) is 37.1 Å². The van der Waals surface area contributed by atoms with Gasteiger partial charge in [-0.1, -0.05) is 0 Å². The molecule has 1 aliphatic heterocycles. The van der Waals surface area contributed by atoms with Crippen LogP contribution >= 0.6 is 0 Å². The van der Waals surface area contributed by atoms with Gasteiger partial charge in [0.2, 0.25) is 5.95 Å². The van der Waals surface area contributed by atoms with E-state index in [1.807, 2.05) is 19.3 Å². The molecular formula is C15H26N4. The summed E-state index contributed by atoms with van der Waals surface area (Å²) in [7, 11) is 0. The van der Waals surface area contributed by atoms with Crippen molar-refractivity contribution >= 4 is 5.95 Å². The molecule has 2 heterocycles. The lowest BCUT2D eigenvalue weighted by Crippen LogP contribution is -2.43. The van der Waals surface area contributed by atoms with Crippen LogP contribution in [0.4, 0.5) is 5.95 Å². The van der Waals surface area contributed by atoms with Crippen molar-refractivity contribution in [1.82, 2.24) is 15.3 Å². The molecule has 1 aliphatic rings. The molecule has 4 nitrogen and oxygen atoms in total. The lowest BCUT2D eigenvalue weighted by Gasteiger charge is -2.33. The number of piperidine rings is 1. The molecule has 0 radical (unpaired) electrons. The molecule has 0 atom stereocenters. The summed E-state index contributed by atoms with van der Waals surface area (Å²) in [6, 6.07) is 0. The summed E-state index contributed by atoms with van der Waals surface area (Å²) >= 11 is 0. The van der Waals surface area contributed by atoms with Gasteiger partial charge in [0.1, 0.15) is 0 Å². The lowest BCUT2D eigenvalue weighted by atomic mass is 9.95. The van der Waals surface area contributed by atoms with Crippen molar-refractivity contribution in [3.05, 3.63) is 18.0 Å². The Labute approximate surface area is 116 Å². The van der Waals surface area contributed by atoms with Gasteiger partial charge in [-0.15, -0.1) is 0 Å². The molecule has 0 spiro atoms. The van der Waals surface area contributed by atoms with E-state index in [1.54, 1.807) is 0 Å². The Morgan fingerprint density at radius 3 is 2.32 bits per heavy atom. The summed E-state index contributed by atoms with van der Waals surface area (Å²) in [5.41, 5.74) is 1.34. The molecule has 106 valence electrons. The van der Waals surface area contributed by atoms with Crippen LogP contribution in [-0.4, -0.2) is 35.1 Å². The zero-order chi connectivity index (χ0) is 13.9. The van der Waals surface area contributed by atoms with Crippen molar-refractivity contribution in [3.8, 4) is 0 Å². The van der Waals surface area contributed by atoms with E-state index >= 15 is 0 Å². The van der Waals surface area contributed by atoms with Gasteiger partial charge in [0, 0.05) is 31.0 Å². The largest absolute Gasteiger partial charge is 0.341 e. The number of nitrogens with one attached hydrogen (secondary N) is 1. The number of anilines is 1. The van der Waals surface area contributed by atoms with E-state index in [1.165, 1.54) is 12.8 Å². The molecule has 0 amide bonds. The van der Waals surface area contributed by atoms with E-state index in [0.29, 0.717) is 0 Å². The molecule has 0 unspecified atom stereocenters. The molecule has 2 rings (SSSR count). The van der Waals surface area contributed by atoms with Crippen LogP contribution in [0.15, 0.2) is 12.4 Å². The smallest absolute Gasteiger partial charge is 0.225 e. The maximum atomic E-state index is 4.41. The topological polar surface area (TPSA) is 41.1 Å². The first-order valence-corrected chi connectivity index (χ1v) is 7.23. The van der Waals surface area contributed by atoms with E-state index in [2.05, 4.69) is 41.0 Å². The van der Waals surface area contributed by atoms with Crippen molar-refractivity contribution in [1.29, 1.82) is 0 Å². The molecule has 0 bridgehead atoms. The average Bonchev–Trinajstić information content (AvgIpc) is 2.37. The standard InChI is InChI=1S/C15H26N4/c1-12-9-16-14(17-10-12)19-7-5-13(6-8-19)11-18-15(2,3)4/h9-10,13,18H,5-8,11H2,1-4H3. The first kappa shape index (κ1) is 14.3. The zero-order valence-corrected chi connectivity index (χ0v) is 12.6. The van der Waals surface area contributed by atoms with E-state index < -0.39 is 0 Å². The summed E-state index contributed by atoms with van der Waals surface area (Å²) in [4.78, 5) is 11.1. The third-order valence-corrected chi connectivity index (χ3v) is 3.59. The second-order valence-electron chi connectivity index (χ2n) is 6.62. The number of aryl methyl sites for hydroxylation is 1. The minimum atomic E-state index is 0.219. The summed E-state index contributed by atoms with van der Waals surface area (Å²) < 4.78 is 0. The number of rotatable bonds is 3. The van der Waals surface area contributed by atoms with Gasteiger partial charge in [0.05, 0.1) is 0 Å². The van der Waals surface area contributed by atoms with Crippen LogP contribution in [0.3, 0.4) is 0 Å². The van der Waals surface area contributed by atoms with Crippen molar-refractivity contribution in [2.45, 2.75) is 46.1 Å². The fourth-order valence-electron chi connectivity index (χ4n) is 2.34. The number of nitrogens with zero attached hydrogens (tertiary/aromatic N) is 3. The summed E-state index contributed by atoms with van der Waals surface area (Å²) in [5, 5.41) is 3.60. The summed E-state index contributed by atoms with van der Waals surface area (Å²) in [5.74, 6) is 1.66. The predicted octanol–water partition coefficient (Wildman–Crippen LogP) is 2.39. The van der Waals surface area contributed by atoms with Crippen LogP contribution < -0.4 is 10.2 Å². The minimum absolute atomic E-state index is 0.219. The third-order valence-electron chi connectivity index (χ3n) is 3.59. The lowest BCUT2D eigenvalue weighted by molar-refractivity contribution is 0.328. The van der Waals surface area contributed by atoms with Gasteiger partial charge in [-0.3, -0.25) is 0 Å². The number of hydrogen-bond acceptors (Lipinski definition) is 4. The molecule has 1 N–H and O–H groups in total. The van der Waals surface area contributed by atoms with Gasteiger partial charge in [0.15, 0.2) is 0 Å². The highest BCUT2D eigenvalue weighted by Gasteiger charge is 2.22. The van der Waals surface area contributed by atoms with E-state index in [9.17, 15) is 0 Å². The second-order valence-corrected chi connectivity index (χ2v) is 6.62. The monoisotopic (exact) mass is 262 g/mol. The van der Waals surface area contributed by atoms with Gasteiger partial charge < -0.3 is 10.2 Å². The molecule has 1 aromatic heterocycles. The SMILES string of the molecule is Cc1cnc(N2CCC(CNC(C)(C)C)CC2)nc1. The molecule has 1 fully saturated rings. The molecule has 0 saturated carbocycles. The predicted molar refractivity (Wildman–Crippen MR) is 79.5 cm³/mol. The van der Waals surface area contributed by atoms with Gasteiger partial charge in [-0.25, -0.2) is 9.97 Å². The van der Waals surface area contributed by atoms with E-state index in [4.69, 9.17) is 0 Å². The van der Waals surface area contributed by atoms with E-state index in [-0.39, 0.29) is 5.54 Å². The Balaban J connectivity index is 1.81. The Hall–Kier alpha value is -1.16. The highest BCUT2D eigenvalue weighted by Crippen LogP contribution is 2.20. The third kappa shape index (κ3) is 4.46. The minimum Gasteiger partial charge on any atom is -0.341 e. The number of hydrogen-bond donors (Lipinski definition) is 1. The van der Waals surface area contributed by atoms with Crippen molar-refractivity contribution in [2.75, 3.05) is 24.5 Å². The quantitative estimate of drug-likeness (QED) is 0.908. The molecular weight excluding hydrogens is 236 g/mol. The van der Waals surface area contributed by atoms with Crippen molar-refractivity contribution < 1.29 is 0 Å². The van der Waals surface area contributed by atoms with Crippen molar-refractivity contribution in [2.24, 2.45) is 5.92 Å². The summed E-state index contributed by atoms with van der Waals surface area (Å²) in [6.07, 6.45) is 6.24. The molecule has 0 aliphatic carbocycles. The van der Waals surface area contributed by atoms with Crippen LogP contribution in [0.1, 0.15) is 39.2 Å². The second kappa shape index (κ2) is 5.87. The maximum Gasteiger partial charge on any atom is 0.225 e. The Kier molecular flexibility index (Phi) is 4.40. The first-order chi connectivity index (χ1) is 8.94. The molecule has 0 aromatic carbocycles. The molecule has 4 heteroatoms. The van der Waals surface area contributed by atoms with Gasteiger partial charge in [0.25, 0.3) is 0 Å². The van der Waals surface area contributed by atoms with Gasteiger partial charge in [-0.2, -0.15) is 0 Å². The molecule has 19 heavy (non-hydrogen) atoms. The fraction of sp³-hybridized carbons (Fsp3) is 0.733. The van der Waals surface area contributed by atoms with Crippen LogP contribution in [0, 0.1) is 12.8 Å². The van der Waals surface area contributed by atoms with Crippen molar-refractivity contribution in [3.63, 3.8) is 0 Å². The Morgan fingerprint density at radius 1 is 1.21 bits per heavy atom. The van der Waals surface area contributed by atoms with Gasteiger partial charge in [-0.05, 0) is 58.6 Å². The Bertz CT molecular complexity index is 386. The first-order valence-electron chi connectivity index (χ1n) is 7.23. The van der Waals surface area contributed by atoms with Crippen LogP contribution in [0.5, 0.6) is 0 Å². The zero-order valence-electron chi connectivity index (χ0n) is 12.6. The maximum absolute atomic E-state index is 4.41. The highest BCUT2D eigenvalue weighted by atomic mass is 15.2. The fourth-order valence-corrected chi connectivity index (χ4v) is 2.34. The summed E-state index contributed by atoms with van der Waals surface area (Å²) in [6.45, 7) is 12.0. The normalized spacial score (nSPS) is 17.8. The van der Waals surface area contributed by atoms with Crippen LogP contribution in [0.2, 0.25) is 0 Å². The Morgan fingerprint density at radius 2 is 1.79 bits per heavy atom.